The van der Waals surface area contributed by atoms with Crippen LogP contribution in [0.4, 0.5) is 0 Å². The third-order valence-corrected chi connectivity index (χ3v) is 6.01. The van der Waals surface area contributed by atoms with Gasteiger partial charge in [-0.1, -0.05) is 95.5 Å². The first-order valence-corrected chi connectivity index (χ1v) is 12.9. The molecular formula is C28H39ClO5. The summed E-state index contributed by atoms with van der Waals surface area (Å²) in [5.41, 5.74) is 0. The summed E-state index contributed by atoms with van der Waals surface area (Å²) in [6, 6.07) is 6.93. The minimum atomic E-state index is -1.60. The summed E-state index contributed by atoms with van der Waals surface area (Å²) in [5.74, 6) is -0.774. The molecule has 0 aliphatic heterocycles. The van der Waals surface area contributed by atoms with Crippen LogP contribution >= 0.6 is 11.6 Å². The van der Waals surface area contributed by atoms with Crippen LogP contribution in [0.15, 0.2) is 48.6 Å². The van der Waals surface area contributed by atoms with Crippen LogP contribution in [0.3, 0.4) is 0 Å². The third kappa shape index (κ3) is 9.92. The molecule has 2 unspecified atom stereocenters. The van der Waals surface area contributed by atoms with E-state index in [0.717, 1.165) is 12.2 Å². The number of esters is 2. The van der Waals surface area contributed by atoms with E-state index in [-0.39, 0.29) is 12.3 Å². The molecule has 2 rings (SSSR count). The Hall–Kier alpha value is -2.27. The van der Waals surface area contributed by atoms with Crippen LogP contribution in [0, 0.1) is 11.8 Å². The molecule has 34 heavy (non-hydrogen) atoms. The Morgan fingerprint density at radius 1 is 0.941 bits per heavy atom. The van der Waals surface area contributed by atoms with Crippen LogP contribution in [0.5, 0.6) is 11.5 Å². The molecular weight excluding hydrogens is 452 g/mol. The number of hydrogen-bond acceptors (Lipinski definition) is 5. The molecule has 0 heterocycles. The molecule has 6 heteroatoms. The third-order valence-electron chi connectivity index (χ3n) is 5.57. The fourth-order valence-corrected chi connectivity index (χ4v) is 4.01. The lowest BCUT2D eigenvalue weighted by Gasteiger charge is -2.31. The van der Waals surface area contributed by atoms with E-state index < -0.39 is 22.9 Å². The van der Waals surface area contributed by atoms with Crippen molar-refractivity contribution in [2.75, 3.05) is 6.61 Å². The lowest BCUT2D eigenvalue weighted by Crippen LogP contribution is -2.42. The lowest BCUT2D eigenvalue weighted by molar-refractivity contribution is -0.156. The summed E-state index contributed by atoms with van der Waals surface area (Å²) >= 11 is 6.53. The van der Waals surface area contributed by atoms with Gasteiger partial charge in [0.05, 0.1) is 6.61 Å². The SMILES string of the molecule is CCCCCCCCCCOc1ccc(OC(=O)C2C=CC=CC2(Cl)OC(=O)CC(C)C)cc1. The largest absolute Gasteiger partial charge is 0.494 e. The van der Waals surface area contributed by atoms with Gasteiger partial charge in [0.25, 0.3) is 0 Å². The normalized spacial score (nSPS) is 19.3. The minimum Gasteiger partial charge on any atom is -0.494 e. The average Bonchev–Trinajstić information content (AvgIpc) is 2.78. The van der Waals surface area contributed by atoms with Gasteiger partial charge in [-0.05, 0) is 42.7 Å². The molecule has 1 aliphatic carbocycles. The van der Waals surface area contributed by atoms with Crippen molar-refractivity contribution in [1.82, 2.24) is 0 Å². The van der Waals surface area contributed by atoms with Gasteiger partial charge in [0, 0.05) is 6.42 Å². The number of allylic oxidation sites excluding steroid dienone is 2. The van der Waals surface area contributed by atoms with E-state index >= 15 is 0 Å². The van der Waals surface area contributed by atoms with Crippen molar-refractivity contribution in [3.05, 3.63) is 48.6 Å². The first kappa shape index (κ1) is 28.0. The summed E-state index contributed by atoms with van der Waals surface area (Å²) in [7, 11) is 0. The van der Waals surface area contributed by atoms with Crippen molar-refractivity contribution in [3.63, 3.8) is 0 Å². The molecule has 0 amide bonds. The molecule has 5 nitrogen and oxygen atoms in total. The van der Waals surface area contributed by atoms with Gasteiger partial charge in [-0.2, -0.15) is 0 Å². The second-order valence-electron chi connectivity index (χ2n) is 9.21. The van der Waals surface area contributed by atoms with Crippen LogP contribution in [-0.4, -0.2) is 23.6 Å². The fraction of sp³-hybridized carbons (Fsp3) is 0.571. The number of ether oxygens (including phenoxy) is 3. The highest BCUT2D eigenvalue weighted by atomic mass is 35.5. The summed E-state index contributed by atoms with van der Waals surface area (Å²) in [5, 5.41) is -1.60. The maximum absolute atomic E-state index is 12.8. The van der Waals surface area contributed by atoms with Gasteiger partial charge in [-0.15, -0.1) is 0 Å². The summed E-state index contributed by atoms with van der Waals surface area (Å²) in [4.78, 5) is 25.0. The number of hydrogen-bond donors (Lipinski definition) is 0. The van der Waals surface area contributed by atoms with E-state index in [2.05, 4.69) is 6.92 Å². The van der Waals surface area contributed by atoms with E-state index in [9.17, 15) is 9.59 Å². The van der Waals surface area contributed by atoms with Crippen molar-refractivity contribution in [2.24, 2.45) is 11.8 Å². The predicted molar refractivity (Wildman–Crippen MR) is 136 cm³/mol. The first-order valence-electron chi connectivity index (χ1n) is 12.6. The van der Waals surface area contributed by atoms with Gasteiger partial charge in [-0.25, -0.2) is 0 Å². The molecule has 0 aromatic heterocycles. The highest BCUT2D eigenvalue weighted by Gasteiger charge is 2.44. The lowest BCUT2D eigenvalue weighted by atomic mass is 9.96. The molecule has 1 aromatic rings. The zero-order chi connectivity index (χ0) is 24.8. The molecule has 1 aliphatic rings. The molecule has 188 valence electrons. The molecule has 0 radical (unpaired) electrons. The predicted octanol–water partition coefficient (Wildman–Crippen LogP) is 7.38. The summed E-state index contributed by atoms with van der Waals surface area (Å²) < 4.78 is 16.8. The van der Waals surface area contributed by atoms with Crippen LogP contribution in [-0.2, 0) is 14.3 Å². The van der Waals surface area contributed by atoms with Crippen LogP contribution in [0.25, 0.3) is 0 Å². The van der Waals surface area contributed by atoms with Crippen molar-refractivity contribution in [2.45, 2.75) is 83.6 Å². The van der Waals surface area contributed by atoms with E-state index in [1.807, 2.05) is 13.8 Å². The van der Waals surface area contributed by atoms with Gasteiger partial charge < -0.3 is 14.2 Å². The second kappa shape index (κ2) is 14.9. The van der Waals surface area contributed by atoms with Crippen molar-refractivity contribution < 1.29 is 23.8 Å². The second-order valence-corrected chi connectivity index (χ2v) is 9.80. The van der Waals surface area contributed by atoms with Gasteiger partial charge in [0.1, 0.15) is 17.4 Å². The number of rotatable bonds is 15. The average molecular weight is 491 g/mol. The fourth-order valence-electron chi connectivity index (χ4n) is 3.69. The minimum absolute atomic E-state index is 0.123. The van der Waals surface area contributed by atoms with Gasteiger partial charge in [0.15, 0.2) is 0 Å². The topological polar surface area (TPSA) is 61.8 Å². The summed E-state index contributed by atoms with van der Waals surface area (Å²) in [6.07, 6.45) is 16.7. The molecule has 0 saturated heterocycles. The Labute approximate surface area is 209 Å². The number of unbranched alkanes of at least 4 members (excludes halogenated alkanes) is 7. The van der Waals surface area contributed by atoms with Gasteiger partial charge in [0.2, 0.25) is 5.06 Å². The molecule has 0 N–H and O–H groups in total. The number of benzene rings is 1. The summed E-state index contributed by atoms with van der Waals surface area (Å²) in [6.45, 7) is 6.72. The maximum Gasteiger partial charge on any atom is 0.324 e. The smallest absolute Gasteiger partial charge is 0.324 e. The molecule has 0 spiro atoms. The molecule has 0 bridgehead atoms. The number of alkyl halides is 1. The first-order chi connectivity index (χ1) is 16.3. The molecule has 0 saturated carbocycles. The highest BCUT2D eigenvalue weighted by molar-refractivity contribution is 6.26. The van der Waals surface area contributed by atoms with E-state index in [4.69, 9.17) is 25.8 Å². The Morgan fingerprint density at radius 3 is 2.21 bits per heavy atom. The van der Waals surface area contributed by atoms with Gasteiger partial charge in [-0.3, -0.25) is 9.59 Å². The van der Waals surface area contributed by atoms with E-state index in [1.54, 1.807) is 42.5 Å². The molecule has 0 fully saturated rings. The monoisotopic (exact) mass is 490 g/mol. The van der Waals surface area contributed by atoms with E-state index in [0.29, 0.717) is 12.4 Å². The highest BCUT2D eigenvalue weighted by Crippen LogP contribution is 2.35. The van der Waals surface area contributed by atoms with Crippen LogP contribution in [0.1, 0.15) is 78.6 Å². The number of halogens is 1. The Kier molecular flexibility index (Phi) is 12.2. The van der Waals surface area contributed by atoms with Crippen molar-refractivity contribution in [1.29, 1.82) is 0 Å². The van der Waals surface area contributed by atoms with E-state index in [1.165, 1.54) is 51.0 Å². The number of carbonyl (C=O) groups excluding carboxylic acids is 2. The quantitative estimate of drug-likeness (QED) is 0.111. The van der Waals surface area contributed by atoms with Crippen molar-refractivity contribution >= 4 is 23.5 Å². The standard InChI is InChI=1S/C28H39ClO5/c1-4-5-6-7-8-9-10-13-20-32-23-15-17-24(18-16-23)33-27(31)25-14-11-12-19-28(25,29)34-26(30)21-22(2)3/h11-12,14-19,22,25H,4-10,13,20-21H2,1-3H3. The Balaban J connectivity index is 1.78. The zero-order valence-electron chi connectivity index (χ0n) is 20.8. The Bertz CT molecular complexity index is 815. The zero-order valence-corrected chi connectivity index (χ0v) is 21.5. The molecule has 2 atom stereocenters. The van der Waals surface area contributed by atoms with Crippen molar-refractivity contribution in [3.8, 4) is 11.5 Å². The Morgan fingerprint density at radius 2 is 1.56 bits per heavy atom. The number of carbonyl (C=O) groups is 2. The maximum atomic E-state index is 12.8. The molecule has 1 aromatic carbocycles. The van der Waals surface area contributed by atoms with Gasteiger partial charge >= 0.3 is 11.9 Å². The van der Waals surface area contributed by atoms with Crippen LogP contribution in [0.2, 0.25) is 0 Å². The van der Waals surface area contributed by atoms with Crippen LogP contribution < -0.4 is 9.47 Å².